The molecule has 1 atom stereocenters. The van der Waals surface area contributed by atoms with Crippen LogP contribution in [0.15, 0.2) is 47.1 Å². The molecule has 7 nitrogen and oxygen atoms in total. The molecule has 31 heavy (non-hydrogen) atoms. The number of amides is 2. The second kappa shape index (κ2) is 10.7. The molecule has 2 aromatic rings. The normalized spacial score (nSPS) is 19.2. The zero-order valence-electron chi connectivity index (χ0n) is 18.5. The Morgan fingerprint density at radius 1 is 1.03 bits per heavy atom. The van der Waals surface area contributed by atoms with E-state index in [0.29, 0.717) is 6.54 Å². The fraction of sp³-hybridized carbons (Fsp3) is 0.542. The molecule has 0 radical (unpaired) electrons. The van der Waals surface area contributed by atoms with Gasteiger partial charge in [-0.1, -0.05) is 18.6 Å². The van der Waals surface area contributed by atoms with Gasteiger partial charge in [0.1, 0.15) is 11.5 Å². The van der Waals surface area contributed by atoms with Gasteiger partial charge in [-0.05, 0) is 55.8 Å². The largest absolute Gasteiger partial charge is 0.497 e. The molecule has 168 valence electrons. The molecular formula is C24H34N4O3. The second-order valence-corrected chi connectivity index (χ2v) is 8.43. The van der Waals surface area contributed by atoms with Crippen molar-refractivity contribution in [2.75, 3.05) is 52.9 Å². The summed E-state index contributed by atoms with van der Waals surface area (Å²) in [6.45, 7) is 6.86. The molecule has 3 heterocycles. The second-order valence-electron chi connectivity index (χ2n) is 8.43. The highest BCUT2D eigenvalue weighted by molar-refractivity contribution is 5.74. The van der Waals surface area contributed by atoms with Crippen molar-refractivity contribution in [3.8, 4) is 5.75 Å². The minimum atomic E-state index is 0.0256. The molecule has 0 bridgehead atoms. The number of hydrogen-bond acceptors (Lipinski definition) is 5. The lowest BCUT2D eigenvalue weighted by Crippen LogP contribution is -2.52. The Labute approximate surface area is 184 Å². The Balaban J connectivity index is 1.25. The number of carbonyl (C=O) groups excluding carboxylic acids is 1. The number of piperazine rings is 1. The van der Waals surface area contributed by atoms with Crippen LogP contribution in [0.2, 0.25) is 0 Å². The van der Waals surface area contributed by atoms with E-state index in [1.165, 1.54) is 24.8 Å². The van der Waals surface area contributed by atoms with Gasteiger partial charge < -0.3 is 19.4 Å². The summed E-state index contributed by atoms with van der Waals surface area (Å²) in [6.07, 6.45) is 5.42. The Hall–Kier alpha value is -2.51. The number of ether oxygens (including phenoxy) is 1. The summed E-state index contributed by atoms with van der Waals surface area (Å²) in [5, 5.41) is 3.17. The number of nitrogens with zero attached hydrogens (tertiary/aromatic N) is 3. The molecule has 2 fully saturated rings. The molecule has 1 N–H and O–H groups in total. The van der Waals surface area contributed by atoms with Crippen LogP contribution in [0.1, 0.15) is 36.6 Å². The van der Waals surface area contributed by atoms with E-state index in [9.17, 15) is 4.79 Å². The Morgan fingerprint density at radius 2 is 1.77 bits per heavy atom. The van der Waals surface area contributed by atoms with E-state index >= 15 is 0 Å². The molecule has 0 spiro atoms. The monoisotopic (exact) mass is 426 g/mol. The van der Waals surface area contributed by atoms with Crippen LogP contribution in [0.5, 0.6) is 5.75 Å². The van der Waals surface area contributed by atoms with E-state index in [1.54, 1.807) is 13.4 Å². The van der Waals surface area contributed by atoms with Crippen LogP contribution in [0.4, 0.5) is 4.79 Å². The number of piperidine rings is 1. The number of rotatable bonds is 7. The number of hydrogen-bond donors (Lipinski definition) is 1. The van der Waals surface area contributed by atoms with Crippen LogP contribution in [0.3, 0.4) is 0 Å². The highest BCUT2D eigenvalue weighted by atomic mass is 16.5. The number of carbonyl (C=O) groups is 1. The zero-order valence-corrected chi connectivity index (χ0v) is 18.5. The Morgan fingerprint density at radius 3 is 2.42 bits per heavy atom. The van der Waals surface area contributed by atoms with Gasteiger partial charge in [-0.15, -0.1) is 0 Å². The smallest absolute Gasteiger partial charge is 0.317 e. The molecule has 1 aromatic carbocycles. The minimum absolute atomic E-state index is 0.0256. The summed E-state index contributed by atoms with van der Waals surface area (Å²) in [7, 11) is 1.68. The first-order chi connectivity index (χ1) is 15.2. The third-order valence-corrected chi connectivity index (χ3v) is 6.37. The average molecular weight is 427 g/mol. The SMILES string of the molecule is COc1ccc(CN2CCN(C(=O)NC[C@@H](c3ccco3)N3CCCCC3)CC2)cc1. The fourth-order valence-corrected chi connectivity index (χ4v) is 4.51. The minimum Gasteiger partial charge on any atom is -0.497 e. The van der Waals surface area contributed by atoms with Gasteiger partial charge in [0.25, 0.3) is 0 Å². The fourth-order valence-electron chi connectivity index (χ4n) is 4.51. The number of nitrogens with one attached hydrogen (secondary N) is 1. The number of methoxy groups -OCH3 is 1. The first-order valence-corrected chi connectivity index (χ1v) is 11.4. The van der Waals surface area contributed by atoms with Crippen molar-refractivity contribution in [3.63, 3.8) is 0 Å². The topological polar surface area (TPSA) is 61.2 Å². The standard InChI is InChI=1S/C24H34N4O3/c1-30-21-9-7-20(8-10-21)19-26-13-15-28(16-14-26)24(29)25-18-22(23-6-5-17-31-23)27-11-3-2-4-12-27/h5-10,17,22H,2-4,11-16,18-19H2,1H3,(H,25,29)/t22-/m0/s1. The maximum atomic E-state index is 12.8. The van der Waals surface area contributed by atoms with E-state index in [4.69, 9.17) is 9.15 Å². The molecular weight excluding hydrogens is 392 g/mol. The summed E-state index contributed by atoms with van der Waals surface area (Å²) in [5.41, 5.74) is 1.27. The van der Waals surface area contributed by atoms with Gasteiger partial charge in [-0.2, -0.15) is 0 Å². The van der Waals surface area contributed by atoms with E-state index in [2.05, 4.69) is 27.2 Å². The molecule has 2 amide bonds. The van der Waals surface area contributed by atoms with Gasteiger partial charge >= 0.3 is 6.03 Å². The van der Waals surface area contributed by atoms with E-state index in [1.807, 2.05) is 29.2 Å². The van der Waals surface area contributed by atoms with Gasteiger partial charge in [-0.25, -0.2) is 4.79 Å². The lowest BCUT2D eigenvalue weighted by atomic mass is 10.1. The van der Waals surface area contributed by atoms with Crippen LogP contribution in [0.25, 0.3) is 0 Å². The maximum absolute atomic E-state index is 12.8. The Kier molecular flexibility index (Phi) is 7.48. The first kappa shape index (κ1) is 21.7. The van der Waals surface area contributed by atoms with Crippen molar-refractivity contribution in [3.05, 3.63) is 54.0 Å². The number of likely N-dealkylation sites (tertiary alicyclic amines) is 1. The van der Waals surface area contributed by atoms with Gasteiger partial charge in [0.15, 0.2) is 0 Å². The van der Waals surface area contributed by atoms with Crippen LogP contribution in [0, 0.1) is 0 Å². The number of benzene rings is 1. The lowest BCUT2D eigenvalue weighted by Gasteiger charge is -2.36. The lowest BCUT2D eigenvalue weighted by molar-refractivity contribution is 0.123. The molecule has 0 unspecified atom stereocenters. The summed E-state index contributed by atoms with van der Waals surface area (Å²) in [5.74, 6) is 1.81. The number of urea groups is 1. The van der Waals surface area contributed by atoms with Crippen molar-refractivity contribution in [2.24, 2.45) is 0 Å². The molecule has 1 aromatic heterocycles. The van der Waals surface area contributed by atoms with Crippen molar-refractivity contribution in [1.29, 1.82) is 0 Å². The summed E-state index contributed by atoms with van der Waals surface area (Å²) < 4.78 is 10.9. The van der Waals surface area contributed by atoms with Crippen molar-refractivity contribution >= 4 is 6.03 Å². The van der Waals surface area contributed by atoms with Crippen LogP contribution in [-0.4, -0.2) is 73.7 Å². The molecule has 2 saturated heterocycles. The van der Waals surface area contributed by atoms with Crippen molar-refractivity contribution < 1.29 is 13.9 Å². The van der Waals surface area contributed by atoms with Gasteiger partial charge in [0.2, 0.25) is 0 Å². The average Bonchev–Trinajstić information content (AvgIpc) is 3.35. The van der Waals surface area contributed by atoms with Crippen molar-refractivity contribution in [2.45, 2.75) is 31.8 Å². The van der Waals surface area contributed by atoms with Crippen molar-refractivity contribution in [1.82, 2.24) is 20.0 Å². The van der Waals surface area contributed by atoms with Gasteiger partial charge in [-0.3, -0.25) is 9.80 Å². The zero-order chi connectivity index (χ0) is 21.5. The third kappa shape index (κ3) is 5.80. The van der Waals surface area contributed by atoms with E-state index in [-0.39, 0.29) is 12.1 Å². The van der Waals surface area contributed by atoms with Gasteiger partial charge in [0.05, 0.1) is 19.4 Å². The first-order valence-electron chi connectivity index (χ1n) is 11.4. The highest BCUT2D eigenvalue weighted by Gasteiger charge is 2.27. The molecule has 0 aliphatic carbocycles. The van der Waals surface area contributed by atoms with Crippen LogP contribution < -0.4 is 10.1 Å². The Bertz CT molecular complexity index is 795. The highest BCUT2D eigenvalue weighted by Crippen LogP contribution is 2.24. The predicted octanol–water partition coefficient (Wildman–Crippen LogP) is 3.34. The van der Waals surface area contributed by atoms with Gasteiger partial charge in [0, 0.05) is 39.3 Å². The van der Waals surface area contributed by atoms with Crippen LogP contribution >= 0.6 is 0 Å². The van der Waals surface area contributed by atoms with Crippen LogP contribution in [-0.2, 0) is 6.54 Å². The van der Waals surface area contributed by atoms with E-state index < -0.39 is 0 Å². The number of furan rings is 1. The molecule has 0 saturated carbocycles. The summed E-state index contributed by atoms with van der Waals surface area (Å²) >= 11 is 0. The summed E-state index contributed by atoms with van der Waals surface area (Å²) in [4.78, 5) is 19.6. The molecule has 2 aliphatic heterocycles. The quantitative estimate of drug-likeness (QED) is 0.736. The summed E-state index contributed by atoms with van der Waals surface area (Å²) in [6, 6.07) is 12.3. The van der Waals surface area contributed by atoms with E-state index in [0.717, 1.165) is 57.3 Å². The molecule has 4 rings (SSSR count). The molecule has 7 heteroatoms. The maximum Gasteiger partial charge on any atom is 0.317 e. The predicted molar refractivity (Wildman–Crippen MR) is 120 cm³/mol. The molecule has 2 aliphatic rings. The third-order valence-electron chi connectivity index (χ3n) is 6.37.